The van der Waals surface area contributed by atoms with Gasteiger partial charge in [-0.05, 0) is 29.8 Å². The van der Waals surface area contributed by atoms with Gasteiger partial charge in [-0.15, -0.1) is 0 Å². The van der Waals surface area contributed by atoms with Gasteiger partial charge in [-0.1, -0.05) is 6.07 Å². The lowest BCUT2D eigenvalue weighted by molar-refractivity contribution is 0.174. The van der Waals surface area contributed by atoms with Gasteiger partial charge in [0.25, 0.3) is 0 Å². The number of methoxy groups -OCH3 is 1. The number of nitrogens with zero attached hydrogens (tertiary/aromatic N) is 1. The van der Waals surface area contributed by atoms with Crippen molar-refractivity contribution < 1.29 is 14.2 Å². The summed E-state index contributed by atoms with van der Waals surface area (Å²) in [5, 5.41) is 3.28. The number of aromatic nitrogens is 2. The summed E-state index contributed by atoms with van der Waals surface area (Å²) in [5.74, 6) is 3.10. The van der Waals surface area contributed by atoms with Crippen LogP contribution >= 0.6 is 0 Å². The van der Waals surface area contributed by atoms with Crippen molar-refractivity contribution in [1.82, 2.24) is 9.97 Å². The van der Waals surface area contributed by atoms with Gasteiger partial charge in [0.15, 0.2) is 11.5 Å². The molecular weight excluding hydrogens is 282 g/mol. The normalized spacial score (nSPS) is 12.6. The van der Waals surface area contributed by atoms with E-state index in [4.69, 9.17) is 14.2 Å². The fraction of sp³-hybridized carbons (Fsp3) is 0.188. The lowest BCUT2D eigenvalue weighted by Crippen LogP contribution is -2.00. The molecule has 0 saturated carbocycles. The van der Waals surface area contributed by atoms with Crippen LogP contribution in [-0.4, -0.2) is 23.9 Å². The number of fused-ring (bicyclic) bond motifs is 2. The zero-order valence-electron chi connectivity index (χ0n) is 12.1. The largest absolute Gasteiger partial charge is 0.497 e. The highest BCUT2D eigenvalue weighted by atomic mass is 16.7. The van der Waals surface area contributed by atoms with Crippen LogP contribution in [0.15, 0.2) is 36.4 Å². The number of anilines is 1. The van der Waals surface area contributed by atoms with Crippen LogP contribution in [0.4, 0.5) is 5.95 Å². The molecule has 0 saturated heterocycles. The summed E-state index contributed by atoms with van der Waals surface area (Å²) in [5.41, 5.74) is 2.93. The third kappa shape index (κ3) is 2.28. The maximum absolute atomic E-state index is 5.38. The Hall–Kier alpha value is -2.89. The van der Waals surface area contributed by atoms with Gasteiger partial charge in [0.05, 0.1) is 18.1 Å². The Morgan fingerprint density at radius 3 is 3.00 bits per heavy atom. The van der Waals surface area contributed by atoms with E-state index in [1.54, 1.807) is 7.11 Å². The van der Waals surface area contributed by atoms with Crippen LogP contribution in [0.5, 0.6) is 17.2 Å². The Morgan fingerprint density at radius 1 is 1.18 bits per heavy atom. The van der Waals surface area contributed by atoms with Crippen molar-refractivity contribution in [2.45, 2.75) is 6.54 Å². The summed E-state index contributed by atoms with van der Waals surface area (Å²) in [6, 6.07) is 11.6. The lowest BCUT2D eigenvalue weighted by Gasteiger charge is -2.04. The SMILES string of the molecule is COc1ccc2nc(NCc3ccc4c(c3)OCO4)[nH]c2c1. The molecule has 1 aliphatic heterocycles. The van der Waals surface area contributed by atoms with E-state index in [1.165, 1.54) is 0 Å². The molecule has 0 spiro atoms. The second-order valence-electron chi connectivity index (χ2n) is 5.01. The van der Waals surface area contributed by atoms with Crippen molar-refractivity contribution in [2.75, 3.05) is 19.2 Å². The first-order valence-electron chi connectivity index (χ1n) is 6.98. The van der Waals surface area contributed by atoms with E-state index in [1.807, 2.05) is 36.4 Å². The fourth-order valence-electron chi connectivity index (χ4n) is 2.44. The predicted molar refractivity (Wildman–Crippen MR) is 82.5 cm³/mol. The maximum atomic E-state index is 5.38. The van der Waals surface area contributed by atoms with Crippen molar-refractivity contribution >= 4 is 17.0 Å². The number of benzene rings is 2. The molecule has 6 nitrogen and oxygen atoms in total. The number of aromatic amines is 1. The molecule has 6 heteroatoms. The van der Waals surface area contributed by atoms with Crippen molar-refractivity contribution in [3.05, 3.63) is 42.0 Å². The average Bonchev–Trinajstić information content (AvgIpc) is 3.17. The first kappa shape index (κ1) is 12.8. The second kappa shape index (κ2) is 5.14. The molecule has 2 N–H and O–H groups in total. The summed E-state index contributed by atoms with van der Waals surface area (Å²) < 4.78 is 15.9. The number of ether oxygens (including phenoxy) is 3. The zero-order valence-corrected chi connectivity index (χ0v) is 12.1. The lowest BCUT2D eigenvalue weighted by atomic mass is 10.2. The molecule has 1 aromatic heterocycles. The second-order valence-corrected chi connectivity index (χ2v) is 5.01. The number of hydrogen-bond acceptors (Lipinski definition) is 5. The minimum absolute atomic E-state index is 0.289. The van der Waals surface area contributed by atoms with Crippen LogP contribution in [0.25, 0.3) is 11.0 Å². The molecule has 22 heavy (non-hydrogen) atoms. The van der Waals surface area contributed by atoms with Crippen LogP contribution in [0.1, 0.15) is 5.56 Å². The maximum Gasteiger partial charge on any atom is 0.231 e. The Bertz CT molecular complexity index is 829. The van der Waals surface area contributed by atoms with Gasteiger partial charge in [-0.3, -0.25) is 0 Å². The third-order valence-electron chi connectivity index (χ3n) is 3.59. The minimum atomic E-state index is 0.289. The van der Waals surface area contributed by atoms with Crippen LogP contribution in [0.2, 0.25) is 0 Å². The number of hydrogen-bond donors (Lipinski definition) is 2. The molecule has 0 amide bonds. The monoisotopic (exact) mass is 297 g/mol. The van der Waals surface area contributed by atoms with Crippen LogP contribution in [0.3, 0.4) is 0 Å². The van der Waals surface area contributed by atoms with Crippen molar-refractivity contribution in [1.29, 1.82) is 0 Å². The molecule has 1 aliphatic rings. The van der Waals surface area contributed by atoms with E-state index in [-0.39, 0.29) is 6.79 Å². The standard InChI is InChI=1S/C16H15N3O3/c1-20-11-3-4-12-13(7-11)19-16(18-12)17-8-10-2-5-14-15(6-10)22-9-21-14/h2-7H,8-9H2,1H3,(H2,17,18,19). The minimum Gasteiger partial charge on any atom is -0.497 e. The fourth-order valence-corrected chi connectivity index (χ4v) is 2.44. The molecule has 0 fully saturated rings. The van der Waals surface area contributed by atoms with Gasteiger partial charge in [0, 0.05) is 12.6 Å². The van der Waals surface area contributed by atoms with Crippen LogP contribution in [0, 0.1) is 0 Å². The van der Waals surface area contributed by atoms with E-state index in [2.05, 4.69) is 15.3 Å². The third-order valence-corrected chi connectivity index (χ3v) is 3.59. The van der Waals surface area contributed by atoms with E-state index in [9.17, 15) is 0 Å². The smallest absolute Gasteiger partial charge is 0.231 e. The molecule has 0 bridgehead atoms. The molecule has 0 unspecified atom stereocenters. The van der Waals surface area contributed by atoms with Gasteiger partial charge in [-0.2, -0.15) is 0 Å². The van der Waals surface area contributed by atoms with Crippen LogP contribution in [-0.2, 0) is 6.54 Å². The highest BCUT2D eigenvalue weighted by Gasteiger charge is 2.13. The predicted octanol–water partition coefficient (Wildman–Crippen LogP) is 2.91. The van der Waals surface area contributed by atoms with Crippen LogP contribution < -0.4 is 19.5 Å². The molecule has 0 radical (unpaired) electrons. The molecule has 2 heterocycles. The Balaban J connectivity index is 1.51. The highest BCUT2D eigenvalue weighted by molar-refractivity contribution is 5.79. The van der Waals surface area contributed by atoms with Gasteiger partial charge in [0.1, 0.15) is 5.75 Å². The molecule has 2 aromatic carbocycles. The van der Waals surface area contributed by atoms with Gasteiger partial charge >= 0.3 is 0 Å². The molecule has 3 aromatic rings. The topological polar surface area (TPSA) is 68.4 Å². The first-order chi connectivity index (χ1) is 10.8. The number of rotatable bonds is 4. The van der Waals surface area contributed by atoms with Crippen molar-refractivity contribution in [2.24, 2.45) is 0 Å². The number of imidazole rings is 1. The van der Waals surface area contributed by atoms with Gasteiger partial charge in [0.2, 0.25) is 12.7 Å². The average molecular weight is 297 g/mol. The van der Waals surface area contributed by atoms with E-state index >= 15 is 0 Å². The quantitative estimate of drug-likeness (QED) is 0.775. The highest BCUT2D eigenvalue weighted by Crippen LogP contribution is 2.32. The van der Waals surface area contributed by atoms with Gasteiger partial charge in [-0.25, -0.2) is 4.98 Å². The zero-order chi connectivity index (χ0) is 14.9. The molecule has 0 aliphatic carbocycles. The molecular formula is C16H15N3O3. The number of H-pyrrole nitrogens is 1. The summed E-state index contributed by atoms with van der Waals surface area (Å²) in [7, 11) is 1.65. The van der Waals surface area contributed by atoms with Crippen molar-refractivity contribution in [3.63, 3.8) is 0 Å². The summed E-state index contributed by atoms with van der Waals surface area (Å²) in [6.07, 6.45) is 0. The molecule has 4 rings (SSSR count). The number of nitrogens with one attached hydrogen (secondary N) is 2. The van der Waals surface area contributed by atoms with Crippen molar-refractivity contribution in [3.8, 4) is 17.2 Å². The Kier molecular flexibility index (Phi) is 3.00. The molecule has 112 valence electrons. The first-order valence-corrected chi connectivity index (χ1v) is 6.98. The van der Waals surface area contributed by atoms with E-state index in [0.29, 0.717) is 6.54 Å². The summed E-state index contributed by atoms with van der Waals surface area (Å²) in [6.45, 7) is 0.936. The Labute approximate surface area is 127 Å². The van der Waals surface area contributed by atoms with E-state index < -0.39 is 0 Å². The summed E-state index contributed by atoms with van der Waals surface area (Å²) in [4.78, 5) is 7.73. The van der Waals surface area contributed by atoms with E-state index in [0.717, 1.165) is 39.8 Å². The Morgan fingerprint density at radius 2 is 2.09 bits per heavy atom. The van der Waals surface area contributed by atoms with Gasteiger partial charge < -0.3 is 24.5 Å². The summed E-state index contributed by atoms with van der Waals surface area (Å²) >= 11 is 0. The molecule has 0 atom stereocenters.